The van der Waals surface area contributed by atoms with Crippen LogP contribution in [0, 0.1) is 11.5 Å². The highest BCUT2D eigenvalue weighted by Gasteiger charge is 2.23. The first-order valence-corrected chi connectivity index (χ1v) is 5.65. The number of benzene rings is 1. The van der Waals surface area contributed by atoms with Gasteiger partial charge in [-0.1, -0.05) is 18.2 Å². The maximum Gasteiger partial charge on any atom is 0.283 e. The fraction of sp³-hybridized carbons (Fsp3) is 0.462. The van der Waals surface area contributed by atoms with Crippen molar-refractivity contribution in [1.82, 2.24) is 4.48 Å². The zero-order valence-corrected chi connectivity index (χ0v) is 10.3. The molecule has 0 amide bonds. The molecule has 1 rings (SSSR count). The van der Waals surface area contributed by atoms with Crippen molar-refractivity contribution in [2.24, 2.45) is 0 Å². The molecule has 0 atom stereocenters. The molecule has 0 heterocycles. The van der Waals surface area contributed by atoms with Crippen LogP contribution < -0.4 is 4.48 Å². The van der Waals surface area contributed by atoms with Crippen molar-refractivity contribution >= 4 is 5.69 Å². The molecule has 3 heteroatoms. The minimum absolute atomic E-state index is 0.750. The highest BCUT2D eigenvalue weighted by Crippen LogP contribution is 2.21. The Kier molecular flexibility index (Phi) is 6.98. The molecule has 0 unspecified atom stereocenters. The standard InChI is InChI=1S/C12H20N.CHNO/c1-4-13(5-2,6-3)12-10-8-7-9-11-12;2-1-3/h7-11H,4-6H2,1-3H3;3H/q+1;. The number of aliphatic hydroxyl groups excluding tert-OH is 1. The minimum Gasteiger partial charge on any atom is -0.443 e. The second-order valence-corrected chi connectivity index (χ2v) is 3.53. The summed E-state index contributed by atoms with van der Waals surface area (Å²) in [4.78, 5) is 0. The van der Waals surface area contributed by atoms with E-state index < -0.39 is 0 Å². The summed E-state index contributed by atoms with van der Waals surface area (Å²) in [5.74, 6) is 0. The van der Waals surface area contributed by atoms with Crippen LogP contribution in [0.1, 0.15) is 20.8 Å². The molecule has 0 saturated carbocycles. The summed E-state index contributed by atoms with van der Waals surface area (Å²) in [6.07, 6.45) is 0.750. The zero-order valence-electron chi connectivity index (χ0n) is 10.3. The smallest absolute Gasteiger partial charge is 0.283 e. The van der Waals surface area contributed by atoms with Gasteiger partial charge in [-0.3, -0.25) is 4.48 Å². The first-order valence-electron chi connectivity index (χ1n) is 5.65. The van der Waals surface area contributed by atoms with Gasteiger partial charge in [0, 0.05) is 0 Å². The van der Waals surface area contributed by atoms with E-state index in [1.807, 2.05) is 0 Å². The number of hydrogen-bond donors (Lipinski definition) is 1. The van der Waals surface area contributed by atoms with Crippen LogP contribution in [0.4, 0.5) is 5.69 Å². The fourth-order valence-corrected chi connectivity index (χ4v) is 1.96. The van der Waals surface area contributed by atoms with Crippen LogP contribution in [-0.4, -0.2) is 24.7 Å². The number of aliphatic hydroxyl groups is 1. The fourth-order valence-electron chi connectivity index (χ4n) is 1.96. The molecular formula is C13H21N2O+. The normalized spacial score (nSPS) is 9.88. The van der Waals surface area contributed by atoms with E-state index in [0.717, 1.165) is 10.7 Å². The molecule has 0 aromatic heterocycles. The largest absolute Gasteiger partial charge is 0.443 e. The molecule has 0 aliphatic carbocycles. The van der Waals surface area contributed by atoms with E-state index in [-0.39, 0.29) is 0 Å². The van der Waals surface area contributed by atoms with Crippen molar-refractivity contribution < 1.29 is 5.11 Å². The van der Waals surface area contributed by atoms with E-state index in [2.05, 4.69) is 51.1 Å². The Morgan fingerprint density at radius 2 is 1.44 bits per heavy atom. The van der Waals surface area contributed by atoms with Crippen molar-refractivity contribution in [2.45, 2.75) is 20.8 Å². The molecule has 0 spiro atoms. The molecule has 16 heavy (non-hydrogen) atoms. The lowest BCUT2D eigenvalue weighted by Gasteiger charge is -2.35. The second-order valence-electron chi connectivity index (χ2n) is 3.53. The lowest BCUT2D eigenvalue weighted by molar-refractivity contribution is 0.316. The van der Waals surface area contributed by atoms with Crippen molar-refractivity contribution in [3.05, 3.63) is 30.3 Å². The Morgan fingerprint density at radius 3 is 1.75 bits per heavy atom. The van der Waals surface area contributed by atoms with Gasteiger partial charge in [-0.15, -0.1) is 0 Å². The van der Waals surface area contributed by atoms with Crippen molar-refractivity contribution in [2.75, 3.05) is 19.6 Å². The van der Waals surface area contributed by atoms with E-state index in [1.165, 1.54) is 25.3 Å². The molecule has 0 saturated heterocycles. The Hall–Kier alpha value is -1.53. The van der Waals surface area contributed by atoms with E-state index in [4.69, 9.17) is 10.4 Å². The third-order valence-electron chi connectivity index (χ3n) is 3.12. The van der Waals surface area contributed by atoms with Gasteiger partial charge in [-0.05, 0) is 32.9 Å². The van der Waals surface area contributed by atoms with Gasteiger partial charge in [-0.25, -0.2) is 0 Å². The molecule has 88 valence electrons. The average Bonchev–Trinajstić information content (AvgIpc) is 2.34. The quantitative estimate of drug-likeness (QED) is 0.627. The molecule has 0 bridgehead atoms. The maximum atomic E-state index is 6.88. The van der Waals surface area contributed by atoms with Crippen molar-refractivity contribution in [3.63, 3.8) is 0 Å². The van der Waals surface area contributed by atoms with Gasteiger partial charge < -0.3 is 5.11 Å². The van der Waals surface area contributed by atoms with E-state index >= 15 is 0 Å². The summed E-state index contributed by atoms with van der Waals surface area (Å²) < 4.78 is 1.10. The van der Waals surface area contributed by atoms with E-state index in [9.17, 15) is 0 Å². The first-order chi connectivity index (χ1) is 7.70. The maximum absolute atomic E-state index is 6.88. The average molecular weight is 221 g/mol. The predicted molar refractivity (Wildman–Crippen MR) is 67.4 cm³/mol. The van der Waals surface area contributed by atoms with Gasteiger partial charge in [-0.2, -0.15) is 5.26 Å². The summed E-state index contributed by atoms with van der Waals surface area (Å²) in [6.45, 7) is 10.3. The molecule has 1 aromatic rings. The molecule has 0 radical (unpaired) electrons. The highest BCUT2D eigenvalue weighted by molar-refractivity contribution is 5.42. The molecule has 1 N–H and O–H groups in total. The molecular weight excluding hydrogens is 200 g/mol. The number of para-hydroxylation sites is 1. The zero-order chi connectivity index (χ0) is 12.4. The number of rotatable bonds is 4. The number of nitrogens with zero attached hydrogens (tertiary/aromatic N) is 2. The molecule has 0 fully saturated rings. The third kappa shape index (κ3) is 3.56. The van der Waals surface area contributed by atoms with Gasteiger partial charge in [0.25, 0.3) is 6.26 Å². The van der Waals surface area contributed by atoms with Crippen LogP contribution in [0.2, 0.25) is 0 Å². The number of quaternary nitrogens is 1. The van der Waals surface area contributed by atoms with Gasteiger partial charge in [0.1, 0.15) is 5.69 Å². The molecule has 3 nitrogen and oxygen atoms in total. The van der Waals surface area contributed by atoms with Crippen LogP contribution in [0.5, 0.6) is 0 Å². The third-order valence-corrected chi connectivity index (χ3v) is 3.12. The Balaban J connectivity index is 0.000000673. The van der Waals surface area contributed by atoms with Gasteiger partial charge in [0.15, 0.2) is 0 Å². The minimum atomic E-state index is 0.750. The topological polar surface area (TPSA) is 44.0 Å². The second kappa shape index (κ2) is 7.72. The molecule has 1 aromatic carbocycles. The predicted octanol–water partition coefficient (Wildman–Crippen LogP) is 2.89. The Morgan fingerprint density at radius 1 is 1.06 bits per heavy atom. The SMILES string of the molecule is CC[N+](CC)(CC)c1ccccc1.N#CO. The number of hydrogen-bond acceptors (Lipinski definition) is 2. The van der Waals surface area contributed by atoms with Crippen LogP contribution >= 0.6 is 0 Å². The van der Waals surface area contributed by atoms with Crippen LogP contribution in [0.25, 0.3) is 0 Å². The highest BCUT2D eigenvalue weighted by atomic mass is 16.2. The van der Waals surface area contributed by atoms with Gasteiger partial charge in [0.05, 0.1) is 19.6 Å². The molecule has 0 aliphatic heterocycles. The van der Waals surface area contributed by atoms with Crippen LogP contribution in [0.3, 0.4) is 0 Å². The Bertz CT molecular complexity index is 304. The summed E-state index contributed by atoms with van der Waals surface area (Å²) in [5, 5.41) is 13.8. The van der Waals surface area contributed by atoms with E-state index in [0.29, 0.717) is 0 Å². The first kappa shape index (κ1) is 14.5. The van der Waals surface area contributed by atoms with E-state index in [1.54, 1.807) is 0 Å². The van der Waals surface area contributed by atoms with Crippen molar-refractivity contribution in [1.29, 1.82) is 5.26 Å². The summed E-state index contributed by atoms with van der Waals surface area (Å²) in [5.41, 5.74) is 1.44. The van der Waals surface area contributed by atoms with Crippen LogP contribution in [0.15, 0.2) is 30.3 Å². The summed E-state index contributed by atoms with van der Waals surface area (Å²) >= 11 is 0. The molecule has 0 aliphatic rings. The van der Waals surface area contributed by atoms with Gasteiger partial charge >= 0.3 is 0 Å². The van der Waals surface area contributed by atoms with Crippen molar-refractivity contribution in [3.8, 4) is 6.26 Å². The van der Waals surface area contributed by atoms with Gasteiger partial charge in [0.2, 0.25) is 0 Å². The van der Waals surface area contributed by atoms with Crippen LogP contribution in [-0.2, 0) is 0 Å². The summed E-state index contributed by atoms with van der Waals surface area (Å²) in [6, 6.07) is 10.8. The lowest BCUT2D eigenvalue weighted by Crippen LogP contribution is -2.48. The lowest BCUT2D eigenvalue weighted by atomic mass is 10.2. The summed E-state index contributed by atoms with van der Waals surface area (Å²) in [7, 11) is 0. The Labute approximate surface area is 98.1 Å². The number of nitriles is 1. The monoisotopic (exact) mass is 221 g/mol.